The molecule has 0 bridgehead atoms. The van der Waals surface area contributed by atoms with Gasteiger partial charge in [0.25, 0.3) is 0 Å². The molecule has 13 rings (SSSR count). The third-order valence-corrected chi connectivity index (χ3v) is 13.7. The minimum absolute atomic E-state index is 1.07. The Balaban J connectivity index is 1.01. The maximum absolute atomic E-state index is 2.48. The van der Waals surface area contributed by atoms with E-state index in [4.69, 9.17) is 0 Å². The molecule has 69 heavy (non-hydrogen) atoms. The van der Waals surface area contributed by atoms with Crippen molar-refractivity contribution in [3.63, 3.8) is 0 Å². The molecule has 0 fully saturated rings. The zero-order valence-corrected chi connectivity index (χ0v) is 37.8. The number of hydrogen-bond donors (Lipinski definition) is 0. The van der Waals surface area contributed by atoms with E-state index >= 15 is 0 Å². The van der Waals surface area contributed by atoms with Gasteiger partial charge in [-0.3, -0.25) is 0 Å². The Labute approximate surface area is 401 Å². The van der Waals surface area contributed by atoms with Gasteiger partial charge in [0.05, 0.1) is 33.4 Å². The standard InChI is InChI=1S/C66H45N3/c1-3-21-47(22-4-1)52-27-7-8-28-53(52)54-29-9-10-30-55(54)56-31-11-15-35-60(56)68(65-40-20-39-64-66(65)59-34-14-18-38-63(59)67(64)49-24-5-2-6-25-49)50-43-41-46(42-44-50)48-23-19-26-51(45-48)69-61-36-16-12-32-57(61)58-33-13-17-37-62(58)69/h1-45H. The molecule has 0 atom stereocenters. The molecular formula is C66H45N3. The molecule has 0 aliphatic rings. The Bertz CT molecular complexity index is 3960. The molecule has 0 aliphatic heterocycles. The topological polar surface area (TPSA) is 13.1 Å². The van der Waals surface area contributed by atoms with E-state index in [-0.39, 0.29) is 0 Å². The van der Waals surface area contributed by atoms with Gasteiger partial charge >= 0.3 is 0 Å². The summed E-state index contributed by atoms with van der Waals surface area (Å²) in [5, 5.41) is 4.91. The van der Waals surface area contributed by atoms with Crippen LogP contribution in [0.3, 0.4) is 0 Å². The SMILES string of the molecule is c1ccc(-c2ccccc2-c2ccccc2-c2ccccc2N(c2ccc(-c3cccc(-n4c5ccccc5c5ccccc54)c3)cc2)c2cccc3c2c2ccccc2n3-c2ccccc2)cc1. The van der Waals surface area contributed by atoms with E-state index in [1.54, 1.807) is 0 Å². The lowest BCUT2D eigenvalue weighted by Gasteiger charge is -2.29. The van der Waals surface area contributed by atoms with Gasteiger partial charge in [-0.05, 0) is 112 Å². The highest BCUT2D eigenvalue weighted by atomic mass is 15.2. The number of nitrogens with zero attached hydrogens (tertiary/aromatic N) is 3. The minimum Gasteiger partial charge on any atom is -0.309 e. The van der Waals surface area contributed by atoms with E-state index < -0.39 is 0 Å². The van der Waals surface area contributed by atoms with Crippen LogP contribution in [0.5, 0.6) is 0 Å². The summed E-state index contributed by atoms with van der Waals surface area (Å²) in [6, 6.07) is 99.2. The maximum Gasteiger partial charge on any atom is 0.0562 e. The van der Waals surface area contributed by atoms with Gasteiger partial charge in [0.2, 0.25) is 0 Å². The molecule has 2 heterocycles. The van der Waals surface area contributed by atoms with Gasteiger partial charge in [-0.1, -0.05) is 200 Å². The zero-order chi connectivity index (χ0) is 45.7. The Hall–Kier alpha value is -9.18. The van der Waals surface area contributed by atoms with Crippen molar-refractivity contribution < 1.29 is 0 Å². The Morgan fingerprint density at radius 2 is 0.681 bits per heavy atom. The Morgan fingerprint density at radius 3 is 1.36 bits per heavy atom. The van der Waals surface area contributed by atoms with Gasteiger partial charge in [-0.2, -0.15) is 0 Å². The summed E-state index contributed by atoms with van der Waals surface area (Å²) in [6.07, 6.45) is 0. The molecule has 13 aromatic rings. The minimum atomic E-state index is 1.07. The summed E-state index contributed by atoms with van der Waals surface area (Å²) < 4.78 is 4.80. The summed E-state index contributed by atoms with van der Waals surface area (Å²) in [7, 11) is 0. The van der Waals surface area contributed by atoms with Gasteiger partial charge in [0, 0.05) is 44.2 Å². The molecular weight excluding hydrogens is 835 g/mol. The average molecular weight is 880 g/mol. The number of rotatable bonds is 9. The number of fused-ring (bicyclic) bond motifs is 6. The van der Waals surface area contributed by atoms with Crippen molar-refractivity contribution in [3.05, 3.63) is 273 Å². The molecule has 324 valence electrons. The van der Waals surface area contributed by atoms with E-state index in [2.05, 4.69) is 287 Å². The quantitative estimate of drug-likeness (QED) is 0.141. The fraction of sp³-hybridized carbons (Fsp3) is 0. The first-order valence-electron chi connectivity index (χ1n) is 23.7. The lowest BCUT2D eigenvalue weighted by atomic mass is 9.88. The first-order valence-corrected chi connectivity index (χ1v) is 23.7. The van der Waals surface area contributed by atoms with Crippen molar-refractivity contribution in [1.82, 2.24) is 9.13 Å². The van der Waals surface area contributed by atoms with Gasteiger partial charge < -0.3 is 14.0 Å². The number of aromatic nitrogens is 2. The lowest BCUT2D eigenvalue weighted by molar-refractivity contribution is 1.18. The molecule has 0 aliphatic carbocycles. The molecule has 3 heteroatoms. The highest BCUT2D eigenvalue weighted by Gasteiger charge is 2.24. The van der Waals surface area contributed by atoms with E-state index in [9.17, 15) is 0 Å². The van der Waals surface area contributed by atoms with Crippen LogP contribution in [-0.2, 0) is 0 Å². The maximum atomic E-state index is 2.48. The highest BCUT2D eigenvalue weighted by molar-refractivity contribution is 6.17. The zero-order valence-electron chi connectivity index (χ0n) is 37.8. The second-order valence-electron chi connectivity index (χ2n) is 17.6. The van der Waals surface area contributed by atoms with Crippen molar-refractivity contribution >= 4 is 60.7 Å². The second kappa shape index (κ2) is 16.9. The second-order valence-corrected chi connectivity index (χ2v) is 17.6. The van der Waals surface area contributed by atoms with Crippen LogP contribution in [-0.4, -0.2) is 9.13 Å². The molecule has 11 aromatic carbocycles. The van der Waals surface area contributed by atoms with Crippen LogP contribution >= 0.6 is 0 Å². The van der Waals surface area contributed by atoms with E-state index in [1.165, 1.54) is 65.9 Å². The van der Waals surface area contributed by atoms with Gasteiger partial charge in [0.1, 0.15) is 0 Å². The van der Waals surface area contributed by atoms with Crippen LogP contribution < -0.4 is 4.90 Å². The smallest absolute Gasteiger partial charge is 0.0562 e. The van der Waals surface area contributed by atoms with Crippen LogP contribution in [0.25, 0.3) is 99.5 Å². The molecule has 0 saturated carbocycles. The predicted molar refractivity (Wildman–Crippen MR) is 292 cm³/mol. The number of hydrogen-bond acceptors (Lipinski definition) is 1. The Morgan fingerprint density at radius 1 is 0.246 bits per heavy atom. The molecule has 3 nitrogen and oxygen atoms in total. The first-order chi connectivity index (χ1) is 34.3. The van der Waals surface area contributed by atoms with E-state index in [0.717, 1.165) is 50.6 Å². The van der Waals surface area contributed by atoms with Crippen molar-refractivity contribution in [2.24, 2.45) is 0 Å². The van der Waals surface area contributed by atoms with Gasteiger partial charge in [0.15, 0.2) is 0 Å². The summed E-state index contributed by atoms with van der Waals surface area (Å²) in [5.41, 5.74) is 19.6. The third kappa shape index (κ3) is 6.82. The molecule has 0 saturated heterocycles. The van der Waals surface area contributed by atoms with Crippen molar-refractivity contribution in [1.29, 1.82) is 0 Å². The normalized spacial score (nSPS) is 11.5. The predicted octanol–water partition coefficient (Wildman–Crippen LogP) is 18.0. The molecule has 0 unspecified atom stereocenters. The van der Waals surface area contributed by atoms with Crippen LogP contribution in [0.15, 0.2) is 273 Å². The molecule has 0 spiro atoms. The van der Waals surface area contributed by atoms with E-state index in [1.807, 2.05) is 0 Å². The molecule has 0 N–H and O–H groups in total. The Kier molecular flexibility index (Phi) is 9.84. The largest absolute Gasteiger partial charge is 0.309 e. The van der Waals surface area contributed by atoms with Crippen LogP contribution in [0.2, 0.25) is 0 Å². The molecule has 0 amide bonds. The first kappa shape index (κ1) is 40.1. The van der Waals surface area contributed by atoms with Crippen LogP contribution in [0.4, 0.5) is 17.1 Å². The fourth-order valence-electron chi connectivity index (χ4n) is 10.7. The monoisotopic (exact) mass is 879 g/mol. The highest BCUT2D eigenvalue weighted by Crippen LogP contribution is 2.49. The lowest BCUT2D eigenvalue weighted by Crippen LogP contribution is -2.12. The van der Waals surface area contributed by atoms with Crippen molar-refractivity contribution in [2.45, 2.75) is 0 Å². The summed E-state index contributed by atoms with van der Waals surface area (Å²) >= 11 is 0. The van der Waals surface area contributed by atoms with Crippen molar-refractivity contribution in [3.8, 4) is 55.9 Å². The van der Waals surface area contributed by atoms with Gasteiger partial charge in [-0.15, -0.1) is 0 Å². The number of benzene rings is 11. The van der Waals surface area contributed by atoms with Gasteiger partial charge in [-0.25, -0.2) is 0 Å². The third-order valence-electron chi connectivity index (χ3n) is 13.7. The van der Waals surface area contributed by atoms with Crippen molar-refractivity contribution in [2.75, 3.05) is 4.90 Å². The van der Waals surface area contributed by atoms with Crippen LogP contribution in [0, 0.1) is 0 Å². The number of anilines is 3. The average Bonchev–Trinajstić information content (AvgIpc) is 3.95. The summed E-state index contributed by atoms with van der Waals surface area (Å²) in [6.45, 7) is 0. The fourth-order valence-corrected chi connectivity index (χ4v) is 10.7. The summed E-state index contributed by atoms with van der Waals surface area (Å²) in [5.74, 6) is 0. The summed E-state index contributed by atoms with van der Waals surface area (Å²) in [4.78, 5) is 2.48. The van der Waals surface area contributed by atoms with Crippen LogP contribution in [0.1, 0.15) is 0 Å². The molecule has 0 radical (unpaired) electrons. The number of para-hydroxylation sites is 5. The van der Waals surface area contributed by atoms with E-state index in [0.29, 0.717) is 0 Å². The molecule has 2 aromatic heterocycles.